The third-order valence-electron chi connectivity index (χ3n) is 1.83. The number of esters is 1. The van der Waals surface area contributed by atoms with Gasteiger partial charge in [-0.05, 0) is 19.9 Å². The molecule has 1 N–H and O–H groups in total. The van der Waals surface area contributed by atoms with Gasteiger partial charge in [-0.25, -0.2) is 4.79 Å². The molecule has 15 heavy (non-hydrogen) atoms. The molecule has 82 valence electrons. The fourth-order valence-electron chi connectivity index (χ4n) is 1.07. The Labute approximate surface area is 88.2 Å². The summed E-state index contributed by atoms with van der Waals surface area (Å²) < 4.78 is 4.58. The van der Waals surface area contributed by atoms with E-state index in [1.807, 2.05) is 13.0 Å². The second-order valence-corrected chi connectivity index (χ2v) is 3.20. The number of hydrazone groups is 1. The molecule has 0 aliphatic carbocycles. The summed E-state index contributed by atoms with van der Waals surface area (Å²) in [4.78, 5) is 22.3. The number of ketones is 1. The molecule has 0 amide bonds. The average Bonchev–Trinajstić information content (AvgIpc) is 2.22. The number of hydrogen-bond donors (Lipinski definition) is 1. The summed E-state index contributed by atoms with van der Waals surface area (Å²) in [7, 11) is 0. The van der Waals surface area contributed by atoms with Crippen LogP contribution in [0.4, 0.5) is 0 Å². The van der Waals surface area contributed by atoms with Crippen molar-refractivity contribution in [1.29, 1.82) is 0 Å². The molecule has 1 rings (SSSR count). The molecular weight excluding hydrogens is 196 g/mol. The van der Waals surface area contributed by atoms with Gasteiger partial charge in [-0.3, -0.25) is 4.79 Å². The first-order valence-corrected chi connectivity index (χ1v) is 4.83. The van der Waals surface area contributed by atoms with Crippen molar-refractivity contribution in [2.45, 2.75) is 26.3 Å². The number of rotatable bonds is 4. The molecule has 0 fully saturated rings. The third kappa shape index (κ3) is 3.53. The standard InChI is InChI=1S/C10H14N2O3/c1-3-15-10(14)9(13)6-8-5-4-7(2)11-12-8/h4-5,7,11H,3,6H2,1-2H3. The summed E-state index contributed by atoms with van der Waals surface area (Å²) in [5.74, 6) is -1.37. The second-order valence-electron chi connectivity index (χ2n) is 3.20. The van der Waals surface area contributed by atoms with Gasteiger partial charge in [0.25, 0.3) is 0 Å². The smallest absolute Gasteiger partial charge is 0.375 e. The zero-order valence-electron chi connectivity index (χ0n) is 8.82. The van der Waals surface area contributed by atoms with E-state index >= 15 is 0 Å². The van der Waals surface area contributed by atoms with Crippen LogP contribution in [0, 0.1) is 0 Å². The largest absolute Gasteiger partial charge is 0.460 e. The third-order valence-corrected chi connectivity index (χ3v) is 1.83. The number of allylic oxidation sites excluding steroid dienone is 1. The first kappa shape index (κ1) is 11.4. The van der Waals surface area contributed by atoms with E-state index < -0.39 is 11.8 Å². The van der Waals surface area contributed by atoms with Gasteiger partial charge in [0, 0.05) is 0 Å². The van der Waals surface area contributed by atoms with Crippen molar-refractivity contribution < 1.29 is 14.3 Å². The van der Waals surface area contributed by atoms with Crippen LogP contribution in [0.1, 0.15) is 20.3 Å². The Morgan fingerprint density at radius 2 is 2.33 bits per heavy atom. The summed E-state index contributed by atoms with van der Waals surface area (Å²) in [6.45, 7) is 3.80. The first-order chi connectivity index (χ1) is 7.13. The van der Waals surface area contributed by atoms with E-state index in [9.17, 15) is 9.59 Å². The molecule has 1 heterocycles. The Morgan fingerprint density at radius 1 is 1.60 bits per heavy atom. The molecule has 1 atom stereocenters. The highest BCUT2D eigenvalue weighted by Gasteiger charge is 2.17. The van der Waals surface area contributed by atoms with Crippen LogP contribution in [0.2, 0.25) is 0 Å². The average molecular weight is 210 g/mol. The van der Waals surface area contributed by atoms with Crippen LogP contribution in [-0.2, 0) is 14.3 Å². The fourth-order valence-corrected chi connectivity index (χ4v) is 1.07. The van der Waals surface area contributed by atoms with Crippen LogP contribution in [0.15, 0.2) is 17.3 Å². The summed E-state index contributed by atoms with van der Waals surface area (Å²) >= 11 is 0. The number of nitrogens with zero attached hydrogens (tertiary/aromatic N) is 1. The predicted octanol–water partition coefficient (Wildman–Crippen LogP) is 0.413. The number of carbonyl (C=O) groups is 2. The van der Waals surface area contributed by atoms with Crippen molar-refractivity contribution in [3.05, 3.63) is 12.2 Å². The van der Waals surface area contributed by atoms with Crippen LogP contribution in [0.5, 0.6) is 0 Å². The monoisotopic (exact) mass is 210 g/mol. The van der Waals surface area contributed by atoms with Crippen LogP contribution in [0.3, 0.4) is 0 Å². The highest BCUT2D eigenvalue weighted by molar-refractivity contribution is 6.38. The normalized spacial score (nSPS) is 19.1. The van der Waals surface area contributed by atoms with Gasteiger partial charge < -0.3 is 10.2 Å². The molecular formula is C10H14N2O3. The van der Waals surface area contributed by atoms with Crippen LogP contribution in [-0.4, -0.2) is 30.1 Å². The molecule has 0 bridgehead atoms. The Hall–Kier alpha value is -1.65. The molecule has 0 saturated carbocycles. The summed E-state index contributed by atoms with van der Waals surface area (Å²) in [6.07, 6.45) is 3.59. The number of ether oxygens (including phenoxy) is 1. The van der Waals surface area contributed by atoms with Gasteiger partial charge in [0.2, 0.25) is 5.78 Å². The van der Waals surface area contributed by atoms with E-state index in [4.69, 9.17) is 0 Å². The fraction of sp³-hybridized carbons (Fsp3) is 0.500. The quantitative estimate of drug-likeness (QED) is 0.539. The molecule has 5 nitrogen and oxygen atoms in total. The number of Topliss-reactive ketones (excluding diaryl/α,β-unsaturated/α-hetero) is 1. The Kier molecular flexibility index (Phi) is 4.03. The van der Waals surface area contributed by atoms with E-state index in [2.05, 4.69) is 15.3 Å². The van der Waals surface area contributed by atoms with E-state index in [1.54, 1.807) is 13.0 Å². The van der Waals surface area contributed by atoms with Crippen molar-refractivity contribution in [2.75, 3.05) is 6.61 Å². The van der Waals surface area contributed by atoms with Gasteiger partial charge in [0.15, 0.2) is 0 Å². The van der Waals surface area contributed by atoms with Gasteiger partial charge in [-0.1, -0.05) is 6.08 Å². The molecule has 0 aromatic carbocycles. The molecule has 1 unspecified atom stereocenters. The lowest BCUT2D eigenvalue weighted by molar-refractivity contribution is -0.152. The van der Waals surface area contributed by atoms with Crippen LogP contribution < -0.4 is 5.43 Å². The van der Waals surface area contributed by atoms with E-state index in [0.717, 1.165) is 0 Å². The highest BCUT2D eigenvalue weighted by Crippen LogP contribution is 2.00. The lowest BCUT2D eigenvalue weighted by Gasteiger charge is -2.12. The van der Waals surface area contributed by atoms with Crippen molar-refractivity contribution in [1.82, 2.24) is 5.43 Å². The molecule has 0 aromatic heterocycles. The van der Waals surface area contributed by atoms with Gasteiger partial charge in [-0.15, -0.1) is 0 Å². The van der Waals surface area contributed by atoms with Crippen molar-refractivity contribution in [2.24, 2.45) is 5.10 Å². The maximum absolute atomic E-state index is 11.3. The Balaban J connectivity index is 2.46. The van der Waals surface area contributed by atoms with Crippen molar-refractivity contribution in [3.8, 4) is 0 Å². The predicted molar refractivity (Wildman–Crippen MR) is 55.4 cm³/mol. The number of nitrogens with one attached hydrogen (secondary N) is 1. The molecule has 0 radical (unpaired) electrons. The first-order valence-electron chi connectivity index (χ1n) is 4.83. The minimum Gasteiger partial charge on any atom is -0.460 e. The zero-order valence-corrected chi connectivity index (χ0v) is 8.82. The lowest BCUT2D eigenvalue weighted by atomic mass is 10.1. The second kappa shape index (κ2) is 5.29. The van der Waals surface area contributed by atoms with Crippen molar-refractivity contribution in [3.63, 3.8) is 0 Å². The lowest BCUT2D eigenvalue weighted by Crippen LogP contribution is -2.26. The Morgan fingerprint density at radius 3 is 2.87 bits per heavy atom. The maximum atomic E-state index is 11.3. The summed E-state index contributed by atoms with van der Waals surface area (Å²) in [6, 6.07) is 0.159. The Bertz CT molecular complexity index is 321. The molecule has 1 aliphatic heterocycles. The minimum absolute atomic E-state index is 0.0188. The maximum Gasteiger partial charge on any atom is 0.375 e. The van der Waals surface area contributed by atoms with Gasteiger partial charge >= 0.3 is 5.97 Å². The molecule has 0 saturated heterocycles. The number of carbonyl (C=O) groups excluding carboxylic acids is 2. The van der Waals surface area contributed by atoms with Crippen LogP contribution in [0.25, 0.3) is 0 Å². The van der Waals surface area contributed by atoms with Crippen molar-refractivity contribution >= 4 is 17.5 Å². The summed E-state index contributed by atoms with van der Waals surface area (Å²) in [5.41, 5.74) is 3.35. The van der Waals surface area contributed by atoms with Gasteiger partial charge in [0.1, 0.15) is 0 Å². The topological polar surface area (TPSA) is 67.8 Å². The van der Waals surface area contributed by atoms with Crippen LogP contribution >= 0.6 is 0 Å². The van der Waals surface area contributed by atoms with E-state index in [1.165, 1.54) is 0 Å². The van der Waals surface area contributed by atoms with E-state index in [-0.39, 0.29) is 19.1 Å². The molecule has 0 aromatic rings. The minimum atomic E-state index is -0.799. The van der Waals surface area contributed by atoms with E-state index in [0.29, 0.717) is 5.71 Å². The van der Waals surface area contributed by atoms with Gasteiger partial charge in [-0.2, -0.15) is 5.10 Å². The SMILES string of the molecule is CCOC(=O)C(=O)CC1=NNC(C)C=C1. The zero-order chi connectivity index (χ0) is 11.3. The highest BCUT2D eigenvalue weighted by atomic mass is 16.5. The number of hydrogen-bond acceptors (Lipinski definition) is 5. The molecule has 1 aliphatic rings. The molecule has 0 spiro atoms. The summed E-state index contributed by atoms with van der Waals surface area (Å²) in [5, 5.41) is 3.94. The molecule has 5 heteroatoms. The van der Waals surface area contributed by atoms with Gasteiger partial charge in [0.05, 0.1) is 24.8 Å².